The summed E-state index contributed by atoms with van der Waals surface area (Å²) in [5.41, 5.74) is 0.618. The summed E-state index contributed by atoms with van der Waals surface area (Å²) >= 11 is 0. The fraction of sp³-hybridized carbons (Fsp3) is 0.375. The van der Waals surface area contributed by atoms with Crippen LogP contribution in [0.2, 0.25) is 0 Å². The van der Waals surface area contributed by atoms with Crippen molar-refractivity contribution in [3.05, 3.63) is 42.2 Å². The van der Waals surface area contributed by atoms with E-state index in [9.17, 15) is 9.59 Å². The van der Waals surface area contributed by atoms with Gasteiger partial charge in [-0.1, -0.05) is 23.4 Å². The molecule has 1 aromatic carbocycles. The third-order valence-electron chi connectivity index (χ3n) is 4.48. The number of para-hydroxylation sites is 1. The number of carbonyl (C=O) groups excluding carboxylic acids is 2. The Morgan fingerprint density at radius 3 is 2.58 bits per heavy atom. The van der Waals surface area contributed by atoms with Crippen LogP contribution in [0.25, 0.3) is 5.69 Å². The molecule has 0 saturated carbocycles. The Balaban J connectivity index is 1.50. The first kappa shape index (κ1) is 14.7. The molecule has 0 unspecified atom stereocenters. The largest absolute Gasteiger partial charge is 0.509 e. The molecule has 0 radical (unpaired) electrons. The van der Waals surface area contributed by atoms with E-state index in [1.807, 2.05) is 30.3 Å². The highest BCUT2D eigenvalue weighted by Gasteiger charge is 2.45. The Labute approximate surface area is 138 Å². The van der Waals surface area contributed by atoms with Crippen molar-refractivity contribution in [2.75, 3.05) is 19.7 Å². The second-order valence-electron chi connectivity index (χ2n) is 5.98. The highest BCUT2D eigenvalue weighted by Crippen LogP contribution is 2.32. The molecule has 124 valence electrons. The van der Waals surface area contributed by atoms with Gasteiger partial charge in [0.1, 0.15) is 6.61 Å². The molecule has 2 aliphatic heterocycles. The number of hydrogen-bond donors (Lipinski definition) is 0. The molecule has 8 heteroatoms. The second kappa shape index (κ2) is 5.63. The molecule has 0 N–H and O–H groups in total. The SMILES string of the molecule is O=C1OCC2(CCN(C(=O)c3cnnn3-c3ccccc3)CC2)O1. The van der Waals surface area contributed by atoms with Crippen molar-refractivity contribution in [3.63, 3.8) is 0 Å². The highest BCUT2D eigenvalue weighted by atomic mass is 16.8. The van der Waals surface area contributed by atoms with Gasteiger partial charge in [-0.05, 0) is 12.1 Å². The van der Waals surface area contributed by atoms with E-state index in [1.54, 1.807) is 4.90 Å². The van der Waals surface area contributed by atoms with Crippen LogP contribution in [0.15, 0.2) is 36.5 Å². The van der Waals surface area contributed by atoms with E-state index in [1.165, 1.54) is 10.9 Å². The van der Waals surface area contributed by atoms with Gasteiger partial charge in [0, 0.05) is 25.9 Å². The molecule has 1 amide bonds. The quantitative estimate of drug-likeness (QED) is 0.775. The third kappa shape index (κ3) is 2.49. The number of hydrogen-bond acceptors (Lipinski definition) is 6. The van der Waals surface area contributed by atoms with Crippen LogP contribution >= 0.6 is 0 Å². The minimum atomic E-state index is -0.624. The van der Waals surface area contributed by atoms with Crippen LogP contribution in [0.4, 0.5) is 4.79 Å². The highest BCUT2D eigenvalue weighted by molar-refractivity contribution is 5.92. The Morgan fingerprint density at radius 2 is 1.92 bits per heavy atom. The lowest BCUT2D eigenvalue weighted by Gasteiger charge is -2.36. The van der Waals surface area contributed by atoms with Crippen molar-refractivity contribution in [2.45, 2.75) is 18.4 Å². The van der Waals surface area contributed by atoms with E-state index in [-0.39, 0.29) is 12.5 Å². The molecule has 0 aliphatic carbocycles. The molecular formula is C16H16N4O4. The van der Waals surface area contributed by atoms with E-state index in [0.717, 1.165) is 5.69 Å². The predicted molar refractivity (Wildman–Crippen MR) is 81.7 cm³/mol. The van der Waals surface area contributed by atoms with Crippen molar-refractivity contribution in [1.82, 2.24) is 19.9 Å². The van der Waals surface area contributed by atoms with Gasteiger partial charge in [0.25, 0.3) is 5.91 Å². The Morgan fingerprint density at radius 1 is 1.17 bits per heavy atom. The summed E-state index contributed by atoms with van der Waals surface area (Å²) in [7, 11) is 0. The van der Waals surface area contributed by atoms with Gasteiger partial charge in [-0.25, -0.2) is 9.48 Å². The summed E-state index contributed by atoms with van der Waals surface area (Å²) < 4.78 is 11.7. The standard InChI is InChI=1S/C16H16N4O4/c21-14(13-10-17-18-20(13)12-4-2-1-3-5-12)19-8-6-16(7-9-19)11-23-15(22)24-16/h1-5,10H,6-9,11H2. The van der Waals surface area contributed by atoms with Gasteiger partial charge >= 0.3 is 6.16 Å². The van der Waals surface area contributed by atoms with Crippen molar-refractivity contribution in [1.29, 1.82) is 0 Å². The third-order valence-corrected chi connectivity index (χ3v) is 4.48. The molecule has 2 saturated heterocycles. The lowest BCUT2D eigenvalue weighted by Crippen LogP contribution is -2.48. The summed E-state index contributed by atoms with van der Waals surface area (Å²) in [4.78, 5) is 25.7. The van der Waals surface area contributed by atoms with E-state index in [2.05, 4.69) is 10.3 Å². The summed E-state index contributed by atoms with van der Waals surface area (Å²) in [5, 5.41) is 7.88. The number of piperidine rings is 1. The number of aromatic nitrogens is 3. The molecule has 0 atom stereocenters. The minimum Gasteiger partial charge on any atom is -0.430 e. The van der Waals surface area contributed by atoms with Crippen LogP contribution in [0.5, 0.6) is 0 Å². The maximum atomic E-state index is 12.8. The summed E-state index contributed by atoms with van der Waals surface area (Å²) in [5.74, 6) is -0.135. The van der Waals surface area contributed by atoms with Gasteiger partial charge in [-0.3, -0.25) is 4.79 Å². The van der Waals surface area contributed by atoms with Crippen molar-refractivity contribution in [2.24, 2.45) is 0 Å². The molecule has 2 fully saturated rings. The normalized spacial score (nSPS) is 19.2. The summed E-state index contributed by atoms with van der Waals surface area (Å²) in [6.07, 6.45) is 1.98. The lowest BCUT2D eigenvalue weighted by molar-refractivity contribution is 0.00256. The zero-order chi connectivity index (χ0) is 16.6. The van der Waals surface area contributed by atoms with Gasteiger partial charge in [-0.2, -0.15) is 0 Å². The first-order valence-electron chi connectivity index (χ1n) is 7.78. The van der Waals surface area contributed by atoms with E-state index < -0.39 is 11.8 Å². The number of cyclic esters (lactones) is 1. The Kier molecular flexibility index (Phi) is 3.44. The van der Waals surface area contributed by atoms with E-state index in [4.69, 9.17) is 9.47 Å². The van der Waals surface area contributed by atoms with Crippen LogP contribution in [-0.2, 0) is 9.47 Å². The molecule has 4 rings (SSSR count). The Hall–Kier alpha value is -2.90. The average Bonchev–Trinajstić information content (AvgIpc) is 3.23. The molecule has 0 bridgehead atoms. The number of ether oxygens (including phenoxy) is 2. The van der Waals surface area contributed by atoms with Crippen LogP contribution in [0.3, 0.4) is 0 Å². The number of likely N-dealkylation sites (tertiary alicyclic amines) is 1. The molecule has 1 spiro atoms. The number of nitrogens with zero attached hydrogens (tertiary/aromatic N) is 4. The fourth-order valence-electron chi connectivity index (χ4n) is 3.09. The average molecular weight is 328 g/mol. The van der Waals surface area contributed by atoms with Crippen LogP contribution < -0.4 is 0 Å². The zero-order valence-corrected chi connectivity index (χ0v) is 12.9. The van der Waals surface area contributed by atoms with Crippen molar-refractivity contribution >= 4 is 12.1 Å². The molecule has 2 aromatic rings. The van der Waals surface area contributed by atoms with Gasteiger partial charge in [0.2, 0.25) is 0 Å². The first-order valence-corrected chi connectivity index (χ1v) is 7.78. The molecule has 8 nitrogen and oxygen atoms in total. The minimum absolute atomic E-state index is 0.135. The number of amides is 1. The lowest BCUT2D eigenvalue weighted by atomic mass is 9.92. The van der Waals surface area contributed by atoms with Crippen molar-refractivity contribution < 1.29 is 19.1 Å². The molecular weight excluding hydrogens is 312 g/mol. The molecule has 2 aliphatic rings. The zero-order valence-electron chi connectivity index (χ0n) is 12.9. The molecule has 24 heavy (non-hydrogen) atoms. The monoisotopic (exact) mass is 328 g/mol. The van der Waals surface area contributed by atoms with Crippen LogP contribution in [-0.4, -0.2) is 57.3 Å². The summed E-state index contributed by atoms with van der Waals surface area (Å²) in [6.45, 7) is 1.25. The smallest absolute Gasteiger partial charge is 0.430 e. The predicted octanol–water partition coefficient (Wildman–Crippen LogP) is 1.41. The first-order chi connectivity index (χ1) is 11.7. The van der Waals surface area contributed by atoms with Gasteiger partial charge in [0.05, 0.1) is 11.9 Å². The van der Waals surface area contributed by atoms with Crippen molar-refractivity contribution in [3.8, 4) is 5.69 Å². The van der Waals surface area contributed by atoms with E-state index >= 15 is 0 Å². The molecule has 1 aromatic heterocycles. The van der Waals surface area contributed by atoms with Gasteiger partial charge in [0.15, 0.2) is 11.3 Å². The Bertz CT molecular complexity index is 765. The number of benzene rings is 1. The van der Waals surface area contributed by atoms with Crippen LogP contribution in [0.1, 0.15) is 23.3 Å². The van der Waals surface area contributed by atoms with E-state index in [0.29, 0.717) is 31.6 Å². The maximum Gasteiger partial charge on any atom is 0.509 e. The van der Waals surface area contributed by atoms with Gasteiger partial charge in [-0.15, -0.1) is 5.10 Å². The number of carbonyl (C=O) groups is 2. The van der Waals surface area contributed by atoms with Crippen LogP contribution in [0, 0.1) is 0 Å². The molecule has 3 heterocycles. The number of rotatable bonds is 2. The maximum absolute atomic E-state index is 12.8. The topological polar surface area (TPSA) is 86.5 Å². The summed E-state index contributed by atoms with van der Waals surface area (Å²) in [6, 6.07) is 9.39. The second-order valence-corrected chi connectivity index (χ2v) is 5.98. The fourth-order valence-corrected chi connectivity index (χ4v) is 3.09. The van der Waals surface area contributed by atoms with Gasteiger partial charge < -0.3 is 14.4 Å².